The Balaban J connectivity index is 1.93. The normalized spacial score (nSPS) is 16.1. The van der Waals surface area contributed by atoms with Gasteiger partial charge in [-0.15, -0.1) is 0 Å². The molecule has 1 aliphatic carbocycles. The molecule has 0 spiro atoms. The highest BCUT2D eigenvalue weighted by molar-refractivity contribution is 5.57. The fourth-order valence-electron chi connectivity index (χ4n) is 1.80. The molecule has 1 N–H and O–H groups in total. The summed E-state index contributed by atoms with van der Waals surface area (Å²) in [5, 5.41) is 3.53. The molecule has 1 saturated carbocycles. The Morgan fingerprint density at radius 1 is 1.29 bits per heavy atom. The first-order chi connectivity index (χ1) is 8.15. The summed E-state index contributed by atoms with van der Waals surface area (Å²) in [4.78, 5) is 2.12. The maximum absolute atomic E-state index is 3.53. The fraction of sp³-hybridized carbons (Fsp3) is 0.467. The first kappa shape index (κ1) is 12.2. The third kappa shape index (κ3) is 3.90. The molecule has 17 heavy (non-hydrogen) atoms. The van der Waals surface area contributed by atoms with Gasteiger partial charge >= 0.3 is 0 Å². The molecule has 0 saturated heterocycles. The second kappa shape index (κ2) is 5.37. The van der Waals surface area contributed by atoms with E-state index in [2.05, 4.69) is 61.6 Å². The molecule has 0 unspecified atom stereocenters. The van der Waals surface area contributed by atoms with Crippen LogP contribution in [0.3, 0.4) is 0 Å². The summed E-state index contributed by atoms with van der Waals surface area (Å²) in [5.74, 6) is 0. The molecule has 92 valence electrons. The average molecular weight is 230 g/mol. The molecule has 2 nitrogen and oxygen atoms in total. The average Bonchev–Trinajstić information content (AvgIpc) is 3.11. The molecule has 1 aliphatic rings. The highest BCUT2D eigenvalue weighted by Crippen LogP contribution is 2.19. The minimum Gasteiger partial charge on any atom is -0.378 e. The van der Waals surface area contributed by atoms with E-state index in [1.54, 1.807) is 0 Å². The Labute approximate surface area is 104 Å². The van der Waals surface area contributed by atoms with E-state index in [1.807, 2.05) is 0 Å². The van der Waals surface area contributed by atoms with Crippen molar-refractivity contribution in [2.45, 2.75) is 25.8 Å². The van der Waals surface area contributed by atoms with Gasteiger partial charge in [0.25, 0.3) is 0 Å². The third-order valence-electron chi connectivity index (χ3n) is 3.07. The van der Waals surface area contributed by atoms with E-state index in [9.17, 15) is 0 Å². The quantitative estimate of drug-likeness (QED) is 0.836. The highest BCUT2D eigenvalue weighted by Gasteiger charge is 2.19. The van der Waals surface area contributed by atoms with Crippen molar-refractivity contribution in [3.8, 4) is 0 Å². The van der Waals surface area contributed by atoms with Gasteiger partial charge in [-0.1, -0.05) is 23.8 Å². The van der Waals surface area contributed by atoms with Gasteiger partial charge in [-0.25, -0.2) is 0 Å². The number of hydrogen-bond donors (Lipinski definition) is 1. The van der Waals surface area contributed by atoms with Crippen molar-refractivity contribution in [3.63, 3.8) is 0 Å². The molecule has 1 fully saturated rings. The van der Waals surface area contributed by atoms with Gasteiger partial charge in [0.2, 0.25) is 0 Å². The van der Waals surface area contributed by atoms with E-state index in [-0.39, 0.29) is 0 Å². The van der Waals surface area contributed by atoms with Gasteiger partial charge in [-0.05, 0) is 37.5 Å². The van der Waals surface area contributed by atoms with Crippen LogP contribution in [0.15, 0.2) is 29.8 Å². The second-order valence-corrected chi connectivity index (χ2v) is 5.13. The Morgan fingerprint density at radius 3 is 2.47 bits per heavy atom. The lowest BCUT2D eigenvalue weighted by molar-refractivity contribution is 0.736. The number of anilines is 1. The Kier molecular flexibility index (Phi) is 3.85. The van der Waals surface area contributed by atoms with Crippen LogP contribution in [0, 0.1) is 0 Å². The standard InChI is InChI=1S/C15H22N2/c1-12(11-16-14-6-7-14)10-13-4-8-15(9-5-13)17(2)3/h4-5,8-10,14,16H,6-7,11H2,1-3H3. The molecule has 0 bridgehead atoms. The van der Waals surface area contributed by atoms with Crippen LogP contribution in [-0.4, -0.2) is 26.7 Å². The Bertz CT molecular complexity index is 386. The molecule has 1 aromatic rings. The van der Waals surface area contributed by atoms with E-state index in [1.165, 1.54) is 29.7 Å². The molecule has 0 amide bonds. The van der Waals surface area contributed by atoms with E-state index < -0.39 is 0 Å². The van der Waals surface area contributed by atoms with Crippen LogP contribution in [0.5, 0.6) is 0 Å². The SMILES string of the molecule is CC(=Cc1ccc(N(C)C)cc1)CNC1CC1. The molecule has 0 atom stereocenters. The van der Waals surface area contributed by atoms with Gasteiger partial charge in [0.15, 0.2) is 0 Å². The Hall–Kier alpha value is -1.28. The number of hydrogen-bond acceptors (Lipinski definition) is 2. The van der Waals surface area contributed by atoms with Crippen molar-refractivity contribution in [3.05, 3.63) is 35.4 Å². The first-order valence-electron chi connectivity index (χ1n) is 6.33. The number of benzene rings is 1. The predicted molar refractivity (Wildman–Crippen MR) is 75.4 cm³/mol. The van der Waals surface area contributed by atoms with Crippen LogP contribution < -0.4 is 10.2 Å². The minimum atomic E-state index is 0.787. The summed E-state index contributed by atoms with van der Waals surface area (Å²) in [6, 6.07) is 9.46. The molecule has 1 aromatic carbocycles. The molecular weight excluding hydrogens is 208 g/mol. The second-order valence-electron chi connectivity index (χ2n) is 5.13. The van der Waals surface area contributed by atoms with Gasteiger partial charge in [0.05, 0.1) is 0 Å². The molecule has 2 rings (SSSR count). The topological polar surface area (TPSA) is 15.3 Å². The third-order valence-corrected chi connectivity index (χ3v) is 3.07. The molecule has 0 aliphatic heterocycles. The summed E-state index contributed by atoms with van der Waals surface area (Å²) in [7, 11) is 4.13. The van der Waals surface area contributed by atoms with Crippen LogP contribution in [0.1, 0.15) is 25.3 Å². The molecule has 2 heteroatoms. The maximum atomic E-state index is 3.53. The first-order valence-corrected chi connectivity index (χ1v) is 6.33. The van der Waals surface area contributed by atoms with Crippen molar-refractivity contribution >= 4 is 11.8 Å². The molecule has 0 heterocycles. The predicted octanol–water partition coefficient (Wildman–Crippen LogP) is 2.91. The van der Waals surface area contributed by atoms with E-state index in [0.29, 0.717) is 0 Å². The highest BCUT2D eigenvalue weighted by atomic mass is 15.1. The van der Waals surface area contributed by atoms with Crippen LogP contribution in [-0.2, 0) is 0 Å². The maximum Gasteiger partial charge on any atom is 0.0361 e. The van der Waals surface area contributed by atoms with Crippen LogP contribution in [0.2, 0.25) is 0 Å². The lowest BCUT2D eigenvalue weighted by Crippen LogP contribution is -2.18. The van der Waals surface area contributed by atoms with Gasteiger partial charge in [-0.3, -0.25) is 0 Å². The van der Waals surface area contributed by atoms with Crippen LogP contribution in [0.4, 0.5) is 5.69 Å². The van der Waals surface area contributed by atoms with Gasteiger partial charge in [0.1, 0.15) is 0 Å². The van der Waals surface area contributed by atoms with Crippen molar-refractivity contribution in [1.29, 1.82) is 0 Å². The smallest absolute Gasteiger partial charge is 0.0361 e. The molecule has 0 radical (unpaired) electrons. The number of nitrogens with zero attached hydrogens (tertiary/aromatic N) is 1. The summed E-state index contributed by atoms with van der Waals surface area (Å²) in [6.07, 6.45) is 4.96. The summed E-state index contributed by atoms with van der Waals surface area (Å²) >= 11 is 0. The van der Waals surface area contributed by atoms with Gasteiger partial charge in [0, 0.05) is 32.4 Å². The van der Waals surface area contributed by atoms with Gasteiger partial charge in [-0.2, -0.15) is 0 Å². The van der Waals surface area contributed by atoms with Crippen molar-refractivity contribution in [2.24, 2.45) is 0 Å². The lowest BCUT2D eigenvalue weighted by Gasteiger charge is -2.12. The monoisotopic (exact) mass is 230 g/mol. The van der Waals surface area contributed by atoms with Gasteiger partial charge < -0.3 is 10.2 Å². The largest absolute Gasteiger partial charge is 0.378 e. The zero-order chi connectivity index (χ0) is 12.3. The van der Waals surface area contributed by atoms with Crippen molar-refractivity contribution < 1.29 is 0 Å². The van der Waals surface area contributed by atoms with E-state index in [4.69, 9.17) is 0 Å². The lowest BCUT2D eigenvalue weighted by atomic mass is 10.1. The zero-order valence-corrected chi connectivity index (χ0v) is 11.0. The zero-order valence-electron chi connectivity index (χ0n) is 11.0. The van der Waals surface area contributed by atoms with Crippen LogP contribution in [0.25, 0.3) is 6.08 Å². The Morgan fingerprint density at radius 2 is 1.94 bits per heavy atom. The molecule has 0 aromatic heterocycles. The number of nitrogens with one attached hydrogen (secondary N) is 1. The minimum absolute atomic E-state index is 0.787. The summed E-state index contributed by atoms with van der Waals surface area (Å²) < 4.78 is 0. The summed E-state index contributed by atoms with van der Waals surface area (Å²) in [6.45, 7) is 3.20. The van der Waals surface area contributed by atoms with Crippen molar-refractivity contribution in [1.82, 2.24) is 5.32 Å². The number of rotatable bonds is 5. The molecular formula is C15H22N2. The van der Waals surface area contributed by atoms with Crippen LogP contribution >= 0.6 is 0 Å². The fourth-order valence-corrected chi connectivity index (χ4v) is 1.80. The van der Waals surface area contributed by atoms with E-state index >= 15 is 0 Å². The summed E-state index contributed by atoms with van der Waals surface area (Å²) in [5.41, 5.74) is 3.93. The van der Waals surface area contributed by atoms with Crippen molar-refractivity contribution in [2.75, 3.05) is 25.5 Å². The van der Waals surface area contributed by atoms with E-state index in [0.717, 1.165) is 12.6 Å².